The van der Waals surface area contributed by atoms with Gasteiger partial charge >= 0.3 is 0 Å². The zero-order chi connectivity index (χ0) is 14.8. The van der Waals surface area contributed by atoms with E-state index >= 15 is 0 Å². The lowest BCUT2D eigenvalue weighted by Gasteiger charge is -2.08. The van der Waals surface area contributed by atoms with Crippen LogP contribution >= 0.6 is 15.9 Å². The second kappa shape index (κ2) is 5.85. The Labute approximate surface area is 132 Å². The summed E-state index contributed by atoms with van der Waals surface area (Å²) in [6.07, 6.45) is 5.71. The van der Waals surface area contributed by atoms with E-state index in [1.54, 1.807) is 0 Å². The van der Waals surface area contributed by atoms with Crippen molar-refractivity contribution in [3.8, 4) is 0 Å². The van der Waals surface area contributed by atoms with Crippen molar-refractivity contribution in [2.75, 3.05) is 5.32 Å². The molecule has 0 fully saturated rings. The van der Waals surface area contributed by atoms with Crippen molar-refractivity contribution in [1.29, 1.82) is 0 Å². The summed E-state index contributed by atoms with van der Waals surface area (Å²) in [5.74, 6) is 0. The van der Waals surface area contributed by atoms with E-state index in [0.717, 1.165) is 27.6 Å². The van der Waals surface area contributed by atoms with E-state index in [1.165, 1.54) is 5.56 Å². The summed E-state index contributed by atoms with van der Waals surface area (Å²) in [4.78, 5) is 4.50. The van der Waals surface area contributed by atoms with Crippen molar-refractivity contribution in [2.24, 2.45) is 0 Å². The first kappa shape index (κ1) is 14.1. The second-order valence-electron chi connectivity index (χ2n) is 5.26. The maximum absolute atomic E-state index is 4.50. The zero-order valence-electron chi connectivity index (χ0n) is 12.0. The van der Waals surface area contributed by atoms with Gasteiger partial charge in [0.1, 0.15) is 0 Å². The Bertz CT molecular complexity index is 764. The molecule has 0 aliphatic heterocycles. The third-order valence-electron chi connectivity index (χ3n) is 3.41. The van der Waals surface area contributed by atoms with Gasteiger partial charge in [-0.1, -0.05) is 28.1 Å². The molecule has 0 saturated carbocycles. The van der Waals surface area contributed by atoms with Crippen molar-refractivity contribution >= 4 is 32.5 Å². The lowest BCUT2D eigenvalue weighted by atomic mass is 10.1. The molecule has 2 heterocycles. The molecule has 2 aromatic heterocycles. The number of hydrogen-bond acceptors (Lipinski definition) is 3. The van der Waals surface area contributed by atoms with Crippen LogP contribution in [-0.4, -0.2) is 14.8 Å². The number of hydrogen-bond donors (Lipinski definition) is 1. The van der Waals surface area contributed by atoms with Crippen LogP contribution in [0.5, 0.6) is 0 Å². The summed E-state index contributed by atoms with van der Waals surface area (Å²) < 4.78 is 3.02. The fraction of sp³-hybridized carbons (Fsp3) is 0.250. The third-order valence-corrected chi connectivity index (χ3v) is 4.11. The van der Waals surface area contributed by atoms with E-state index in [9.17, 15) is 0 Å². The number of aromatic nitrogens is 3. The number of pyridine rings is 1. The molecule has 1 N–H and O–H groups in total. The van der Waals surface area contributed by atoms with Crippen LogP contribution in [0.3, 0.4) is 0 Å². The zero-order valence-corrected chi connectivity index (χ0v) is 13.6. The van der Waals surface area contributed by atoms with Gasteiger partial charge in [0.15, 0.2) is 0 Å². The average molecular weight is 345 g/mol. The predicted octanol–water partition coefficient (Wildman–Crippen LogP) is 4.39. The molecular formula is C16H17BrN4. The van der Waals surface area contributed by atoms with Gasteiger partial charge in [-0.05, 0) is 31.5 Å². The first-order valence-corrected chi connectivity index (χ1v) is 7.74. The minimum Gasteiger partial charge on any atom is -0.378 e. The van der Waals surface area contributed by atoms with Gasteiger partial charge in [0, 0.05) is 34.8 Å². The molecule has 3 rings (SSSR count). The van der Waals surface area contributed by atoms with Gasteiger partial charge in [-0.15, -0.1) is 0 Å². The van der Waals surface area contributed by atoms with Crippen molar-refractivity contribution < 1.29 is 0 Å². The predicted molar refractivity (Wildman–Crippen MR) is 89.4 cm³/mol. The molecule has 21 heavy (non-hydrogen) atoms. The smallest absolute Gasteiger partial charge is 0.0763 e. The summed E-state index contributed by atoms with van der Waals surface area (Å²) in [5.41, 5.74) is 3.22. The standard InChI is InChI=1S/C16H17BrN4/c1-11(2)21-10-13(9-20-21)19-8-12-5-6-15(17)14-4-3-7-18-16(12)14/h3-7,9-11,19H,8H2,1-2H3. The molecule has 1 aromatic carbocycles. The highest BCUT2D eigenvalue weighted by Gasteiger charge is 2.06. The van der Waals surface area contributed by atoms with E-state index in [-0.39, 0.29) is 0 Å². The Balaban J connectivity index is 1.83. The largest absolute Gasteiger partial charge is 0.378 e. The van der Waals surface area contributed by atoms with Crippen LogP contribution in [-0.2, 0) is 6.54 Å². The number of benzene rings is 1. The van der Waals surface area contributed by atoms with Gasteiger partial charge < -0.3 is 5.32 Å². The normalized spacial score (nSPS) is 11.2. The van der Waals surface area contributed by atoms with Gasteiger partial charge in [0.05, 0.1) is 17.4 Å². The summed E-state index contributed by atoms with van der Waals surface area (Å²) in [6.45, 7) is 4.95. The highest BCUT2D eigenvalue weighted by atomic mass is 79.9. The number of nitrogens with one attached hydrogen (secondary N) is 1. The second-order valence-corrected chi connectivity index (χ2v) is 6.12. The molecule has 0 atom stereocenters. The summed E-state index contributed by atoms with van der Waals surface area (Å²) in [6, 6.07) is 8.57. The maximum atomic E-state index is 4.50. The summed E-state index contributed by atoms with van der Waals surface area (Å²) in [5, 5.41) is 8.88. The average Bonchev–Trinajstić information content (AvgIpc) is 2.96. The van der Waals surface area contributed by atoms with Gasteiger partial charge in [0.25, 0.3) is 0 Å². The fourth-order valence-electron chi connectivity index (χ4n) is 2.25. The monoisotopic (exact) mass is 344 g/mol. The van der Waals surface area contributed by atoms with Crippen molar-refractivity contribution in [1.82, 2.24) is 14.8 Å². The summed E-state index contributed by atoms with van der Waals surface area (Å²) in [7, 11) is 0. The van der Waals surface area contributed by atoms with Crippen molar-refractivity contribution in [3.63, 3.8) is 0 Å². The Hall–Kier alpha value is -1.88. The Morgan fingerprint density at radius 3 is 2.90 bits per heavy atom. The van der Waals surface area contributed by atoms with Gasteiger partial charge in [0.2, 0.25) is 0 Å². The Morgan fingerprint density at radius 1 is 1.29 bits per heavy atom. The number of halogens is 1. The van der Waals surface area contributed by atoms with Gasteiger partial charge in [-0.25, -0.2) is 0 Å². The van der Waals surface area contributed by atoms with Crippen LogP contribution in [0.1, 0.15) is 25.5 Å². The number of fused-ring (bicyclic) bond motifs is 1. The molecular weight excluding hydrogens is 328 g/mol. The first-order chi connectivity index (χ1) is 10.1. The fourth-order valence-corrected chi connectivity index (χ4v) is 2.70. The van der Waals surface area contributed by atoms with Crippen molar-refractivity contribution in [3.05, 3.63) is 52.9 Å². The molecule has 4 nitrogen and oxygen atoms in total. The van der Waals surface area contributed by atoms with Crippen LogP contribution in [0.15, 0.2) is 47.3 Å². The van der Waals surface area contributed by atoms with Gasteiger partial charge in [-0.3, -0.25) is 9.67 Å². The van der Waals surface area contributed by atoms with E-state index in [1.807, 2.05) is 29.3 Å². The highest BCUT2D eigenvalue weighted by molar-refractivity contribution is 9.10. The van der Waals surface area contributed by atoms with E-state index in [2.05, 4.69) is 63.4 Å². The lowest BCUT2D eigenvalue weighted by Crippen LogP contribution is -2.02. The molecule has 3 aromatic rings. The maximum Gasteiger partial charge on any atom is 0.0763 e. The van der Waals surface area contributed by atoms with Crippen LogP contribution < -0.4 is 5.32 Å². The van der Waals surface area contributed by atoms with E-state index in [0.29, 0.717) is 6.04 Å². The Morgan fingerprint density at radius 2 is 2.14 bits per heavy atom. The van der Waals surface area contributed by atoms with Crippen LogP contribution in [0.4, 0.5) is 5.69 Å². The Kier molecular flexibility index (Phi) is 3.92. The topological polar surface area (TPSA) is 42.7 Å². The molecule has 0 unspecified atom stereocenters. The molecule has 0 aliphatic rings. The third kappa shape index (κ3) is 2.93. The lowest BCUT2D eigenvalue weighted by molar-refractivity contribution is 0.532. The molecule has 108 valence electrons. The molecule has 0 aliphatic carbocycles. The van der Waals surface area contributed by atoms with E-state index in [4.69, 9.17) is 0 Å². The summed E-state index contributed by atoms with van der Waals surface area (Å²) >= 11 is 3.57. The molecule has 0 radical (unpaired) electrons. The van der Waals surface area contributed by atoms with Crippen molar-refractivity contribution in [2.45, 2.75) is 26.4 Å². The molecule has 0 saturated heterocycles. The molecule has 5 heteroatoms. The first-order valence-electron chi connectivity index (χ1n) is 6.95. The number of anilines is 1. The molecule has 0 amide bonds. The molecule has 0 bridgehead atoms. The minimum absolute atomic E-state index is 0.371. The highest BCUT2D eigenvalue weighted by Crippen LogP contribution is 2.25. The SMILES string of the molecule is CC(C)n1cc(NCc2ccc(Br)c3cccnc23)cn1. The molecule has 0 spiro atoms. The van der Waals surface area contributed by atoms with E-state index < -0.39 is 0 Å². The minimum atomic E-state index is 0.371. The number of nitrogens with zero attached hydrogens (tertiary/aromatic N) is 3. The van der Waals surface area contributed by atoms with Crippen LogP contribution in [0.25, 0.3) is 10.9 Å². The quantitative estimate of drug-likeness (QED) is 0.763. The number of rotatable bonds is 4. The van der Waals surface area contributed by atoms with Gasteiger partial charge in [-0.2, -0.15) is 5.10 Å². The van der Waals surface area contributed by atoms with Crippen LogP contribution in [0.2, 0.25) is 0 Å². The van der Waals surface area contributed by atoms with Crippen LogP contribution in [0, 0.1) is 0 Å².